The van der Waals surface area contributed by atoms with Crippen LogP contribution in [0.3, 0.4) is 0 Å². The van der Waals surface area contributed by atoms with Crippen molar-refractivity contribution in [3.8, 4) is 0 Å². The summed E-state index contributed by atoms with van der Waals surface area (Å²) >= 11 is 0. The lowest BCUT2D eigenvalue weighted by molar-refractivity contribution is -0.117. The standard InChI is InChI=1S/C19H28N2O3S/c1-15-9-10-17(25(23,24)21-11-5-2-6-12-21)14-18(15)20-19(22)13-16-7-3-4-8-16/h9-10,14,16H,2-8,11-13H2,1H3,(H,20,22). The van der Waals surface area contributed by atoms with E-state index in [1.54, 1.807) is 22.5 Å². The smallest absolute Gasteiger partial charge is 0.243 e. The fourth-order valence-corrected chi connectivity index (χ4v) is 5.37. The summed E-state index contributed by atoms with van der Waals surface area (Å²) in [5.74, 6) is 0.461. The van der Waals surface area contributed by atoms with E-state index in [9.17, 15) is 13.2 Å². The zero-order valence-corrected chi connectivity index (χ0v) is 15.8. The Bertz CT molecular complexity index is 718. The van der Waals surface area contributed by atoms with Crippen LogP contribution in [0.1, 0.15) is 56.9 Å². The van der Waals surface area contributed by atoms with E-state index in [1.165, 1.54) is 12.8 Å². The van der Waals surface area contributed by atoms with Crippen molar-refractivity contribution >= 4 is 21.6 Å². The average Bonchev–Trinajstić information content (AvgIpc) is 3.10. The van der Waals surface area contributed by atoms with Crippen LogP contribution in [0.15, 0.2) is 23.1 Å². The summed E-state index contributed by atoms with van der Waals surface area (Å²) in [6.07, 6.45) is 8.10. The molecule has 0 radical (unpaired) electrons. The van der Waals surface area contributed by atoms with Crippen LogP contribution >= 0.6 is 0 Å². The van der Waals surface area contributed by atoms with Gasteiger partial charge in [-0.3, -0.25) is 4.79 Å². The van der Waals surface area contributed by atoms with Gasteiger partial charge in [-0.1, -0.05) is 25.3 Å². The van der Waals surface area contributed by atoms with Crippen LogP contribution in [0.4, 0.5) is 5.69 Å². The molecule has 6 heteroatoms. The first kappa shape index (κ1) is 18.4. The Morgan fingerprint density at radius 2 is 1.80 bits per heavy atom. The number of rotatable bonds is 5. The van der Waals surface area contributed by atoms with Gasteiger partial charge in [0, 0.05) is 25.2 Å². The molecule has 1 saturated heterocycles. The maximum absolute atomic E-state index is 12.8. The predicted molar refractivity (Wildman–Crippen MR) is 99.0 cm³/mol. The van der Waals surface area contributed by atoms with Crippen LogP contribution in [0.2, 0.25) is 0 Å². The highest BCUT2D eigenvalue weighted by Gasteiger charge is 2.26. The molecule has 5 nitrogen and oxygen atoms in total. The van der Waals surface area contributed by atoms with E-state index < -0.39 is 10.0 Å². The molecule has 1 aliphatic heterocycles. The van der Waals surface area contributed by atoms with Crippen LogP contribution < -0.4 is 5.32 Å². The van der Waals surface area contributed by atoms with E-state index in [2.05, 4.69) is 5.32 Å². The highest BCUT2D eigenvalue weighted by molar-refractivity contribution is 7.89. The molecular weight excluding hydrogens is 336 g/mol. The summed E-state index contributed by atoms with van der Waals surface area (Å²) in [6.45, 7) is 3.06. The summed E-state index contributed by atoms with van der Waals surface area (Å²) in [5.41, 5.74) is 1.50. The van der Waals surface area contributed by atoms with Gasteiger partial charge in [0.15, 0.2) is 0 Å². The molecule has 1 saturated carbocycles. The molecule has 1 heterocycles. The Kier molecular flexibility index (Phi) is 5.79. The first-order valence-corrected chi connectivity index (χ1v) is 10.8. The fraction of sp³-hybridized carbons (Fsp3) is 0.632. The Morgan fingerprint density at radius 1 is 1.12 bits per heavy atom. The van der Waals surface area contributed by atoms with Crippen molar-refractivity contribution < 1.29 is 13.2 Å². The first-order chi connectivity index (χ1) is 12.0. The Morgan fingerprint density at radius 3 is 2.48 bits per heavy atom. The number of benzene rings is 1. The van der Waals surface area contributed by atoms with Gasteiger partial charge < -0.3 is 5.32 Å². The molecule has 1 amide bonds. The van der Waals surface area contributed by atoms with Gasteiger partial charge in [-0.2, -0.15) is 4.31 Å². The third-order valence-electron chi connectivity index (χ3n) is 5.38. The summed E-state index contributed by atoms with van der Waals surface area (Å²) < 4.78 is 27.2. The molecule has 1 aliphatic carbocycles. The molecule has 25 heavy (non-hydrogen) atoms. The summed E-state index contributed by atoms with van der Waals surface area (Å²) in [4.78, 5) is 12.6. The minimum atomic E-state index is -3.48. The number of nitrogens with one attached hydrogen (secondary N) is 1. The zero-order valence-electron chi connectivity index (χ0n) is 15.0. The summed E-state index contributed by atoms with van der Waals surface area (Å²) in [5, 5.41) is 2.93. The molecule has 1 aromatic carbocycles. The lowest BCUT2D eigenvalue weighted by Gasteiger charge is -2.26. The number of sulfonamides is 1. The Hall–Kier alpha value is -1.40. The second kappa shape index (κ2) is 7.87. The molecule has 1 N–H and O–H groups in total. The fourth-order valence-electron chi connectivity index (χ4n) is 3.83. The summed E-state index contributed by atoms with van der Waals surface area (Å²) in [6, 6.07) is 5.04. The summed E-state index contributed by atoms with van der Waals surface area (Å²) in [7, 11) is -3.48. The lowest BCUT2D eigenvalue weighted by Crippen LogP contribution is -2.35. The number of amides is 1. The maximum Gasteiger partial charge on any atom is 0.243 e. The van der Waals surface area contributed by atoms with Crippen LogP contribution in [0, 0.1) is 12.8 Å². The van der Waals surface area contributed by atoms with Gasteiger partial charge in [-0.15, -0.1) is 0 Å². The number of hydrogen-bond donors (Lipinski definition) is 1. The van der Waals surface area contributed by atoms with Gasteiger partial charge in [0.1, 0.15) is 0 Å². The topological polar surface area (TPSA) is 66.5 Å². The van der Waals surface area contributed by atoms with Crippen LogP contribution in [-0.4, -0.2) is 31.7 Å². The Balaban J connectivity index is 1.74. The zero-order chi connectivity index (χ0) is 17.9. The van der Waals surface area contributed by atoms with Crippen LogP contribution in [0.25, 0.3) is 0 Å². The number of aryl methyl sites for hydroxylation is 1. The second-order valence-electron chi connectivity index (χ2n) is 7.34. The molecule has 0 bridgehead atoms. The van der Waals surface area contributed by atoms with Crippen LogP contribution in [-0.2, 0) is 14.8 Å². The van der Waals surface area contributed by atoms with Gasteiger partial charge in [-0.05, 0) is 56.2 Å². The van der Waals surface area contributed by atoms with Gasteiger partial charge in [0.2, 0.25) is 15.9 Å². The SMILES string of the molecule is Cc1ccc(S(=O)(=O)N2CCCCC2)cc1NC(=O)CC1CCCC1. The molecule has 2 aliphatic rings. The number of hydrogen-bond acceptors (Lipinski definition) is 3. The first-order valence-electron chi connectivity index (χ1n) is 9.37. The van der Waals surface area contributed by atoms with Crippen molar-refractivity contribution in [3.05, 3.63) is 23.8 Å². The third kappa shape index (κ3) is 4.42. The minimum absolute atomic E-state index is 0.0116. The highest BCUT2D eigenvalue weighted by atomic mass is 32.2. The predicted octanol–water partition coefficient (Wildman–Crippen LogP) is 3.69. The quantitative estimate of drug-likeness (QED) is 0.866. The van der Waals surface area contributed by atoms with E-state index >= 15 is 0 Å². The van der Waals surface area contributed by atoms with Gasteiger partial charge in [0.05, 0.1) is 4.90 Å². The van der Waals surface area contributed by atoms with Crippen molar-refractivity contribution in [1.82, 2.24) is 4.31 Å². The molecule has 0 aromatic heterocycles. The van der Waals surface area contributed by atoms with Crippen molar-refractivity contribution in [2.45, 2.75) is 63.2 Å². The average molecular weight is 365 g/mol. The molecule has 1 aromatic rings. The van der Waals surface area contributed by atoms with E-state index in [0.29, 0.717) is 31.1 Å². The number of carbonyl (C=O) groups is 1. The monoisotopic (exact) mass is 364 g/mol. The van der Waals surface area contributed by atoms with E-state index in [-0.39, 0.29) is 10.8 Å². The number of nitrogens with zero attached hydrogens (tertiary/aromatic N) is 1. The van der Waals surface area contributed by atoms with Gasteiger partial charge in [-0.25, -0.2) is 8.42 Å². The number of anilines is 1. The van der Waals surface area contributed by atoms with Gasteiger partial charge in [0.25, 0.3) is 0 Å². The number of carbonyl (C=O) groups excluding carboxylic acids is 1. The minimum Gasteiger partial charge on any atom is -0.326 e. The van der Waals surface area contributed by atoms with E-state index in [0.717, 1.165) is 37.7 Å². The highest BCUT2D eigenvalue weighted by Crippen LogP contribution is 2.29. The molecule has 2 fully saturated rings. The van der Waals surface area contributed by atoms with E-state index in [1.807, 2.05) is 6.92 Å². The largest absolute Gasteiger partial charge is 0.326 e. The van der Waals surface area contributed by atoms with Crippen molar-refractivity contribution in [2.75, 3.05) is 18.4 Å². The molecule has 0 unspecified atom stereocenters. The van der Waals surface area contributed by atoms with Crippen molar-refractivity contribution in [3.63, 3.8) is 0 Å². The molecule has 138 valence electrons. The number of piperidine rings is 1. The maximum atomic E-state index is 12.8. The van der Waals surface area contributed by atoms with Crippen molar-refractivity contribution in [2.24, 2.45) is 5.92 Å². The van der Waals surface area contributed by atoms with Gasteiger partial charge >= 0.3 is 0 Å². The third-order valence-corrected chi connectivity index (χ3v) is 7.28. The normalized spacial score (nSPS) is 19.9. The molecule has 0 spiro atoms. The molecular formula is C19H28N2O3S. The van der Waals surface area contributed by atoms with E-state index in [4.69, 9.17) is 0 Å². The van der Waals surface area contributed by atoms with Crippen molar-refractivity contribution in [1.29, 1.82) is 0 Å². The lowest BCUT2D eigenvalue weighted by atomic mass is 10.0. The molecule has 3 rings (SSSR count). The molecule has 0 atom stereocenters. The second-order valence-corrected chi connectivity index (χ2v) is 9.28. The van der Waals surface area contributed by atoms with Crippen LogP contribution in [0.5, 0.6) is 0 Å². The Labute approximate surface area is 150 Å².